The van der Waals surface area contributed by atoms with Crippen LogP contribution in [0.15, 0.2) is 12.4 Å². The third-order valence-electron chi connectivity index (χ3n) is 5.23. The van der Waals surface area contributed by atoms with E-state index < -0.39 is 0 Å². The van der Waals surface area contributed by atoms with Crippen molar-refractivity contribution >= 4 is 5.91 Å². The third kappa shape index (κ3) is 2.54. The van der Waals surface area contributed by atoms with Gasteiger partial charge in [0.15, 0.2) is 0 Å². The number of rotatable bonds is 3. The molecule has 0 unspecified atom stereocenters. The van der Waals surface area contributed by atoms with Crippen molar-refractivity contribution in [1.82, 2.24) is 19.6 Å². The zero-order chi connectivity index (χ0) is 15.1. The summed E-state index contributed by atoms with van der Waals surface area (Å²) in [6.07, 6.45) is 8.16. The van der Waals surface area contributed by atoms with Crippen LogP contribution in [0.3, 0.4) is 0 Å². The van der Waals surface area contributed by atoms with Gasteiger partial charge in [0.05, 0.1) is 12.3 Å². The van der Waals surface area contributed by atoms with Gasteiger partial charge in [-0.15, -0.1) is 0 Å². The predicted molar refractivity (Wildman–Crippen MR) is 81.1 cm³/mol. The first-order valence-electron chi connectivity index (χ1n) is 8.36. The van der Waals surface area contributed by atoms with Crippen LogP contribution in [0.4, 0.5) is 0 Å². The minimum atomic E-state index is -0.218. The molecule has 0 aromatic carbocycles. The van der Waals surface area contributed by atoms with Crippen LogP contribution in [-0.4, -0.2) is 63.4 Å². The normalized spacial score (nSPS) is 31.9. The Morgan fingerprint density at radius 2 is 2.18 bits per heavy atom. The van der Waals surface area contributed by atoms with Crippen molar-refractivity contribution in [1.29, 1.82) is 0 Å². The molecule has 1 amide bonds. The molecule has 3 atom stereocenters. The average molecular weight is 304 g/mol. The van der Waals surface area contributed by atoms with Crippen LogP contribution in [0, 0.1) is 0 Å². The highest BCUT2D eigenvalue weighted by Gasteiger charge is 2.46. The van der Waals surface area contributed by atoms with Crippen molar-refractivity contribution in [2.75, 3.05) is 19.6 Å². The summed E-state index contributed by atoms with van der Waals surface area (Å²) in [6, 6.07) is 0.386. The predicted octanol–water partition coefficient (Wildman–Crippen LogP) is 0.774. The Kier molecular flexibility index (Phi) is 3.66. The summed E-state index contributed by atoms with van der Waals surface area (Å²) in [6.45, 7) is 3.78. The van der Waals surface area contributed by atoms with Gasteiger partial charge in [0.1, 0.15) is 6.10 Å². The Bertz CT molecular complexity index is 552. The van der Waals surface area contributed by atoms with E-state index in [1.54, 1.807) is 0 Å². The molecule has 3 saturated heterocycles. The van der Waals surface area contributed by atoms with Crippen LogP contribution in [-0.2, 0) is 23.1 Å². The lowest BCUT2D eigenvalue weighted by atomic mass is 10.1. The van der Waals surface area contributed by atoms with Crippen molar-refractivity contribution in [3.63, 3.8) is 0 Å². The molecule has 0 saturated carbocycles. The summed E-state index contributed by atoms with van der Waals surface area (Å²) in [5.74, 6) is 0.216. The van der Waals surface area contributed by atoms with Crippen molar-refractivity contribution < 1.29 is 9.53 Å². The summed E-state index contributed by atoms with van der Waals surface area (Å²) < 4.78 is 7.92. The molecule has 3 fully saturated rings. The molecule has 6 heteroatoms. The van der Waals surface area contributed by atoms with Gasteiger partial charge >= 0.3 is 0 Å². The first-order valence-corrected chi connectivity index (χ1v) is 8.36. The fourth-order valence-corrected chi connectivity index (χ4v) is 4.12. The van der Waals surface area contributed by atoms with Gasteiger partial charge in [-0.25, -0.2) is 0 Å². The number of carbonyl (C=O) groups excluding carboxylic acids is 1. The van der Waals surface area contributed by atoms with Crippen molar-refractivity contribution in [2.45, 2.75) is 50.5 Å². The molecule has 0 N–H and O–H groups in total. The number of ether oxygens (including phenoxy) is 1. The van der Waals surface area contributed by atoms with Gasteiger partial charge in [-0.2, -0.15) is 5.10 Å². The standard InChI is InChI=1S/C16H24N4O2/c1-18-10-12(9-17-18)11-20-7-4-14-13(20)8-15(22-14)16(21)19-5-2-3-6-19/h9-10,13-15H,2-8,11H2,1H3/t13-,14-,15+/m0/s1. The molecule has 3 aliphatic rings. The van der Waals surface area contributed by atoms with Crippen molar-refractivity contribution in [3.05, 3.63) is 18.0 Å². The number of nitrogens with zero attached hydrogens (tertiary/aromatic N) is 4. The molecular formula is C16H24N4O2. The summed E-state index contributed by atoms with van der Waals surface area (Å²) in [4.78, 5) is 17.0. The van der Waals surface area contributed by atoms with Crippen LogP contribution in [0.25, 0.3) is 0 Å². The van der Waals surface area contributed by atoms with Gasteiger partial charge in [-0.05, 0) is 19.3 Å². The second-order valence-corrected chi connectivity index (χ2v) is 6.78. The van der Waals surface area contributed by atoms with E-state index in [9.17, 15) is 4.79 Å². The summed E-state index contributed by atoms with van der Waals surface area (Å²) in [7, 11) is 1.94. The second-order valence-electron chi connectivity index (χ2n) is 6.78. The number of aromatic nitrogens is 2. The Morgan fingerprint density at radius 1 is 1.36 bits per heavy atom. The van der Waals surface area contributed by atoms with Crippen LogP contribution in [0.2, 0.25) is 0 Å². The molecule has 4 rings (SSSR count). The highest BCUT2D eigenvalue weighted by atomic mass is 16.5. The molecule has 1 aromatic rings. The molecule has 1 aromatic heterocycles. The van der Waals surface area contributed by atoms with Gasteiger partial charge in [-0.1, -0.05) is 0 Å². The number of hydrogen-bond donors (Lipinski definition) is 0. The molecular weight excluding hydrogens is 280 g/mol. The van der Waals surface area contributed by atoms with Crippen molar-refractivity contribution in [2.24, 2.45) is 7.05 Å². The third-order valence-corrected chi connectivity index (χ3v) is 5.23. The summed E-state index contributed by atoms with van der Waals surface area (Å²) >= 11 is 0. The monoisotopic (exact) mass is 304 g/mol. The van der Waals surface area contributed by atoms with Crippen LogP contribution in [0.5, 0.6) is 0 Å². The fraction of sp³-hybridized carbons (Fsp3) is 0.750. The SMILES string of the molecule is Cn1cc(CN2CC[C@@H]3O[C@@H](C(=O)N4CCCC4)C[C@@H]32)cn1. The lowest BCUT2D eigenvalue weighted by Gasteiger charge is -2.23. The van der Waals surface area contributed by atoms with E-state index in [4.69, 9.17) is 4.74 Å². The molecule has 120 valence electrons. The Balaban J connectivity index is 1.39. The fourth-order valence-electron chi connectivity index (χ4n) is 4.12. The van der Waals surface area contributed by atoms with Gasteiger partial charge < -0.3 is 9.64 Å². The largest absolute Gasteiger partial charge is 0.363 e. The number of likely N-dealkylation sites (tertiary alicyclic amines) is 2. The Labute approximate surface area is 131 Å². The number of fused-ring (bicyclic) bond motifs is 1. The van der Waals surface area contributed by atoms with Crippen LogP contribution in [0.1, 0.15) is 31.2 Å². The molecule has 0 aliphatic carbocycles. The maximum atomic E-state index is 12.5. The molecule has 0 radical (unpaired) electrons. The van der Waals surface area contributed by atoms with E-state index in [-0.39, 0.29) is 18.1 Å². The minimum absolute atomic E-state index is 0.216. The molecule has 0 bridgehead atoms. The topological polar surface area (TPSA) is 50.6 Å². The smallest absolute Gasteiger partial charge is 0.251 e. The molecule has 4 heterocycles. The zero-order valence-electron chi connectivity index (χ0n) is 13.1. The minimum Gasteiger partial charge on any atom is -0.363 e. The lowest BCUT2D eigenvalue weighted by Crippen LogP contribution is -2.38. The van der Waals surface area contributed by atoms with Gasteiger partial charge in [-0.3, -0.25) is 14.4 Å². The lowest BCUT2D eigenvalue weighted by molar-refractivity contribution is -0.141. The maximum absolute atomic E-state index is 12.5. The second kappa shape index (κ2) is 5.66. The van der Waals surface area contributed by atoms with E-state index in [0.717, 1.165) is 51.9 Å². The van der Waals surface area contributed by atoms with E-state index in [1.165, 1.54) is 5.56 Å². The van der Waals surface area contributed by atoms with Crippen LogP contribution >= 0.6 is 0 Å². The first-order chi connectivity index (χ1) is 10.7. The van der Waals surface area contributed by atoms with Gasteiger partial charge in [0, 0.05) is 57.4 Å². The number of amides is 1. The quantitative estimate of drug-likeness (QED) is 0.828. The molecule has 6 nitrogen and oxygen atoms in total. The molecule has 22 heavy (non-hydrogen) atoms. The van der Waals surface area contributed by atoms with Crippen LogP contribution < -0.4 is 0 Å². The van der Waals surface area contributed by atoms with E-state index >= 15 is 0 Å². The van der Waals surface area contributed by atoms with E-state index in [1.807, 2.05) is 22.8 Å². The first kappa shape index (κ1) is 14.2. The number of hydrogen-bond acceptors (Lipinski definition) is 4. The maximum Gasteiger partial charge on any atom is 0.251 e. The van der Waals surface area contributed by atoms with Gasteiger partial charge in [0.2, 0.25) is 0 Å². The number of aryl methyl sites for hydroxylation is 1. The molecule has 0 spiro atoms. The number of carbonyl (C=O) groups is 1. The Hall–Kier alpha value is -1.40. The van der Waals surface area contributed by atoms with E-state index in [0.29, 0.717) is 6.04 Å². The summed E-state index contributed by atoms with van der Waals surface area (Å²) in [5.41, 5.74) is 1.23. The summed E-state index contributed by atoms with van der Waals surface area (Å²) in [5, 5.41) is 4.24. The average Bonchev–Trinajstić information content (AvgIpc) is 3.24. The van der Waals surface area contributed by atoms with E-state index in [2.05, 4.69) is 16.2 Å². The highest BCUT2D eigenvalue weighted by molar-refractivity contribution is 5.81. The van der Waals surface area contributed by atoms with Crippen molar-refractivity contribution in [3.8, 4) is 0 Å². The highest BCUT2D eigenvalue weighted by Crippen LogP contribution is 2.34. The van der Waals surface area contributed by atoms with Gasteiger partial charge in [0.25, 0.3) is 5.91 Å². The Morgan fingerprint density at radius 3 is 2.91 bits per heavy atom. The molecule has 3 aliphatic heterocycles. The zero-order valence-corrected chi connectivity index (χ0v) is 13.1.